The zero-order valence-electron chi connectivity index (χ0n) is 8.35. The van der Waals surface area contributed by atoms with Crippen LogP contribution >= 0.6 is 11.3 Å². The van der Waals surface area contributed by atoms with Crippen molar-refractivity contribution in [3.05, 3.63) is 46.5 Å². The standard InChI is InChI=1S/C11H11FN2S/c1-14(8-9-4-3-7-15-9)11-6-2-5-10(12)13-11/h2-7H,8H2,1H3. The number of thiophene rings is 1. The van der Waals surface area contributed by atoms with E-state index in [2.05, 4.69) is 11.1 Å². The number of nitrogens with zero attached hydrogens (tertiary/aromatic N) is 2. The predicted octanol–water partition coefficient (Wildman–Crippen LogP) is 2.92. The smallest absolute Gasteiger partial charge is 0.214 e. The molecule has 2 nitrogen and oxygen atoms in total. The first kappa shape index (κ1) is 10.1. The highest BCUT2D eigenvalue weighted by atomic mass is 32.1. The second-order valence-electron chi connectivity index (χ2n) is 3.25. The monoisotopic (exact) mass is 222 g/mol. The number of halogens is 1. The maximum absolute atomic E-state index is 12.9. The van der Waals surface area contributed by atoms with Gasteiger partial charge in [-0.3, -0.25) is 0 Å². The van der Waals surface area contributed by atoms with Crippen LogP contribution in [-0.4, -0.2) is 12.0 Å². The van der Waals surface area contributed by atoms with Crippen LogP contribution in [0, 0.1) is 5.95 Å². The van der Waals surface area contributed by atoms with E-state index in [1.807, 2.05) is 23.4 Å². The number of hydrogen-bond acceptors (Lipinski definition) is 3. The van der Waals surface area contributed by atoms with Gasteiger partial charge in [0.2, 0.25) is 5.95 Å². The van der Waals surface area contributed by atoms with Crippen molar-refractivity contribution in [2.24, 2.45) is 0 Å². The molecule has 0 aliphatic rings. The molecule has 2 aromatic rings. The van der Waals surface area contributed by atoms with Gasteiger partial charge in [0.1, 0.15) is 5.82 Å². The molecule has 0 aliphatic carbocycles. The van der Waals surface area contributed by atoms with Crippen LogP contribution in [0.1, 0.15) is 4.88 Å². The molecule has 0 saturated carbocycles. The summed E-state index contributed by atoms with van der Waals surface area (Å²) >= 11 is 1.69. The normalized spacial score (nSPS) is 10.3. The van der Waals surface area contributed by atoms with Crippen LogP contribution in [-0.2, 0) is 6.54 Å². The van der Waals surface area contributed by atoms with Gasteiger partial charge in [-0.15, -0.1) is 11.3 Å². The van der Waals surface area contributed by atoms with E-state index >= 15 is 0 Å². The zero-order chi connectivity index (χ0) is 10.7. The number of hydrogen-bond donors (Lipinski definition) is 0. The van der Waals surface area contributed by atoms with Gasteiger partial charge in [0.15, 0.2) is 0 Å². The minimum Gasteiger partial charge on any atom is -0.354 e. The molecule has 2 aromatic heterocycles. The molecule has 2 rings (SSSR count). The van der Waals surface area contributed by atoms with Crippen molar-refractivity contribution >= 4 is 17.2 Å². The van der Waals surface area contributed by atoms with E-state index in [1.165, 1.54) is 10.9 Å². The molecule has 0 fully saturated rings. The molecule has 0 radical (unpaired) electrons. The van der Waals surface area contributed by atoms with E-state index in [0.29, 0.717) is 5.82 Å². The highest BCUT2D eigenvalue weighted by Crippen LogP contribution is 2.15. The summed E-state index contributed by atoms with van der Waals surface area (Å²) in [7, 11) is 1.90. The summed E-state index contributed by atoms with van der Waals surface area (Å²) in [6, 6.07) is 8.88. The minimum atomic E-state index is -0.439. The quantitative estimate of drug-likeness (QED) is 0.742. The first-order chi connectivity index (χ1) is 7.25. The SMILES string of the molecule is CN(Cc1cccs1)c1cccc(F)n1. The Labute approximate surface area is 92.0 Å². The maximum Gasteiger partial charge on any atom is 0.214 e. The van der Waals surface area contributed by atoms with E-state index in [4.69, 9.17) is 0 Å². The Balaban J connectivity index is 2.11. The molecule has 0 aliphatic heterocycles. The Kier molecular flexibility index (Phi) is 2.97. The molecular formula is C11H11FN2S. The van der Waals surface area contributed by atoms with Crippen molar-refractivity contribution in [1.82, 2.24) is 4.98 Å². The van der Waals surface area contributed by atoms with Gasteiger partial charge in [-0.2, -0.15) is 4.39 Å². The lowest BCUT2D eigenvalue weighted by atomic mass is 10.4. The third-order valence-electron chi connectivity index (χ3n) is 2.06. The van der Waals surface area contributed by atoms with E-state index in [1.54, 1.807) is 23.5 Å². The molecule has 0 bridgehead atoms. The van der Waals surface area contributed by atoms with Crippen LogP contribution in [0.4, 0.5) is 10.2 Å². The molecule has 2 heterocycles. The van der Waals surface area contributed by atoms with Crippen molar-refractivity contribution in [1.29, 1.82) is 0 Å². The molecule has 0 saturated heterocycles. The topological polar surface area (TPSA) is 16.1 Å². The van der Waals surface area contributed by atoms with Crippen LogP contribution < -0.4 is 4.90 Å². The molecular weight excluding hydrogens is 211 g/mol. The lowest BCUT2D eigenvalue weighted by Crippen LogP contribution is -2.17. The lowest BCUT2D eigenvalue weighted by molar-refractivity contribution is 0.582. The molecule has 0 aromatic carbocycles. The number of pyridine rings is 1. The van der Waals surface area contributed by atoms with Gasteiger partial charge in [0.05, 0.1) is 6.54 Å². The largest absolute Gasteiger partial charge is 0.354 e. The molecule has 78 valence electrons. The summed E-state index contributed by atoms with van der Waals surface area (Å²) in [4.78, 5) is 6.98. The van der Waals surface area contributed by atoms with Gasteiger partial charge in [-0.05, 0) is 23.6 Å². The Hall–Kier alpha value is -1.42. The van der Waals surface area contributed by atoms with Gasteiger partial charge < -0.3 is 4.90 Å². The number of rotatable bonds is 3. The molecule has 0 amide bonds. The molecule has 15 heavy (non-hydrogen) atoms. The highest BCUT2D eigenvalue weighted by Gasteiger charge is 2.04. The zero-order valence-corrected chi connectivity index (χ0v) is 9.17. The van der Waals surface area contributed by atoms with E-state index < -0.39 is 5.95 Å². The second-order valence-corrected chi connectivity index (χ2v) is 4.29. The third kappa shape index (κ3) is 2.53. The summed E-state index contributed by atoms with van der Waals surface area (Å²) in [5, 5.41) is 2.03. The summed E-state index contributed by atoms with van der Waals surface area (Å²) in [6.07, 6.45) is 0. The van der Waals surface area contributed by atoms with Crippen LogP contribution in [0.15, 0.2) is 35.7 Å². The number of anilines is 1. The van der Waals surface area contributed by atoms with Gasteiger partial charge in [-0.25, -0.2) is 4.98 Å². The molecule has 0 unspecified atom stereocenters. The molecule has 0 N–H and O–H groups in total. The minimum absolute atomic E-state index is 0.439. The van der Waals surface area contributed by atoms with Gasteiger partial charge in [0, 0.05) is 11.9 Å². The van der Waals surface area contributed by atoms with Gasteiger partial charge in [-0.1, -0.05) is 12.1 Å². The van der Waals surface area contributed by atoms with Crippen molar-refractivity contribution in [3.8, 4) is 0 Å². The first-order valence-corrected chi connectivity index (χ1v) is 5.50. The fourth-order valence-electron chi connectivity index (χ4n) is 1.33. The van der Waals surface area contributed by atoms with Crippen molar-refractivity contribution in [2.75, 3.05) is 11.9 Å². The highest BCUT2D eigenvalue weighted by molar-refractivity contribution is 7.09. The Morgan fingerprint density at radius 3 is 2.87 bits per heavy atom. The summed E-state index contributed by atoms with van der Waals surface area (Å²) in [5.74, 6) is 0.217. The average molecular weight is 222 g/mol. The van der Waals surface area contributed by atoms with E-state index in [9.17, 15) is 4.39 Å². The molecule has 0 spiro atoms. The van der Waals surface area contributed by atoms with E-state index in [0.717, 1.165) is 6.54 Å². The van der Waals surface area contributed by atoms with E-state index in [-0.39, 0.29) is 0 Å². The maximum atomic E-state index is 12.9. The lowest BCUT2D eigenvalue weighted by Gasteiger charge is -2.16. The van der Waals surface area contributed by atoms with Crippen LogP contribution in [0.25, 0.3) is 0 Å². The molecule has 0 atom stereocenters. The van der Waals surface area contributed by atoms with Gasteiger partial charge >= 0.3 is 0 Å². The number of aromatic nitrogens is 1. The summed E-state index contributed by atoms with van der Waals surface area (Å²) in [6.45, 7) is 0.758. The fourth-order valence-corrected chi connectivity index (χ4v) is 2.08. The van der Waals surface area contributed by atoms with Crippen LogP contribution in [0.2, 0.25) is 0 Å². The summed E-state index contributed by atoms with van der Waals surface area (Å²) in [5.41, 5.74) is 0. The van der Waals surface area contributed by atoms with Crippen molar-refractivity contribution < 1.29 is 4.39 Å². The predicted molar refractivity (Wildman–Crippen MR) is 60.6 cm³/mol. The Bertz CT molecular complexity index is 428. The fraction of sp³-hybridized carbons (Fsp3) is 0.182. The Morgan fingerprint density at radius 1 is 1.33 bits per heavy atom. The molecule has 4 heteroatoms. The summed E-state index contributed by atoms with van der Waals surface area (Å²) < 4.78 is 12.9. The Morgan fingerprint density at radius 2 is 2.20 bits per heavy atom. The van der Waals surface area contributed by atoms with Crippen molar-refractivity contribution in [2.45, 2.75) is 6.54 Å². The van der Waals surface area contributed by atoms with Crippen LogP contribution in [0.5, 0.6) is 0 Å². The second kappa shape index (κ2) is 4.40. The van der Waals surface area contributed by atoms with Gasteiger partial charge in [0.25, 0.3) is 0 Å². The van der Waals surface area contributed by atoms with Crippen LogP contribution in [0.3, 0.4) is 0 Å². The first-order valence-electron chi connectivity index (χ1n) is 4.62. The van der Waals surface area contributed by atoms with Crippen molar-refractivity contribution in [3.63, 3.8) is 0 Å². The third-order valence-corrected chi connectivity index (χ3v) is 2.93. The average Bonchev–Trinajstić information content (AvgIpc) is 2.70.